The third-order valence-electron chi connectivity index (χ3n) is 7.35. The summed E-state index contributed by atoms with van der Waals surface area (Å²) in [5.74, 6) is 1.31. The van der Waals surface area contributed by atoms with Crippen LogP contribution in [0.3, 0.4) is 0 Å². The maximum Gasteiger partial charge on any atom is 0.189 e. The minimum atomic E-state index is 0.0662. The molecule has 1 fully saturated rings. The molecule has 0 spiro atoms. The number of piperazine rings is 1. The minimum absolute atomic E-state index is 0.0662. The predicted molar refractivity (Wildman–Crippen MR) is 140 cm³/mol. The molecule has 0 atom stereocenters. The highest BCUT2D eigenvalue weighted by Gasteiger charge is 2.29. The Bertz CT molecular complexity index is 1240. The molecule has 0 aromatic heterocycles. The number of methoxy groups -OCH3 is 2. The number of ether oxygens (including phenoxy) is 2. The fraction of sp³-hybridized carbons (Fsp3) is 0.300. The number of allylic oxidation sites excluding steroid dienone is 1. The molecule has 3 aromatic carbocycles. The predicted octanol–water partition coefficient (Wildman–Crippen LogP) is 4.99. The molecule has 180 valence electrons. The van der Waals surface area contributed by atoms with Gasteiger partial charge in [0.15, 0.2) is 17.3 Å². The molecule has 5 heteroatoms. The van der Waals surface area contributed by atoms with Gasteiger partial charge < -0.3 is 18.9 Å². The molecule has 2 aliphatic rings. The van der Waals surface area contributed by atoms with Crippen LogP contribution in [0, 0.1) is 0 Å². The number of carbonyl (C=O) groups is 1. The maximum atomic E-state index is 13.0. The number of nitrogens with zero attached hydrogens (tertiary/aromatic N) is 2. The summed E-state index contributed by atoms with van der Waals surface area (Å²) in [5.41, 5.74) is 6.19. The molecule has 1 heterocycles. The molecule has 5 nitrogen and oxygen atoms in total. The van der Waals surface area contributed by atoms with Gasteiger partial charge in [0.2, 0.25) is 0 Å². The molecule has 0 N–H and O–H groups in total. The topological polar surface area (TPSA) is 38.8 Å². The largest absolute Gasteiger partial charge is 0.493 e. The Morgan fingerprint density at radius 3 is 2.23 bits per heavy atom. The lowest BCUT2D eigenvalue weighted by Crippen LogP contribution is -2.56. The molecular formula is C30H33N2O3+. The summed E-state index contributed by atoms with van der Waals surface area (Å²) in [5, 5.41) is 0. The molecule has 0 amide bonds. The van der Waals surface area contributed by atoms with Gasteiger partial charge in [-0.2, -0.15) is 0 Å². The number of hydrogen-bond acceptors (Lipinski definition) is 4. The summed E-state index contributed by atoms with van der Waals surface area (Å²) in [6.45, 7) is 5.42. The number of likely N-dealkylation sites (N-methyl/N-ethyl adjacent to an activating group) is 1. The smallest absolute Gasteiger partial charge is 0.189 e. The van der Waals surface area contributed by atoms with Crippen LogP contribution >= 0.6 is 0 Å². The van der Waals surface area contributed by atoms with Gasteiger partial charge in [0.25, 0.3) is 0 Å². The van der Waals surface area contributed by atoms with E-state index in [1.807, 2.05) is 12.1 Å². The van der Waals surface area contributed by atoms with Crippen molar-refractivity contribution in [3.63, 3.8) is 0 Å². The zero-order valence-electron chi connectivity index (χ0n) is 20.8. The third-order valence-corrected chi connectivity index (χ3v) is 7.35. The van der Waals surface area contributed by atoms with Crippen LogP contribution < -0.4 is 14.4 Å². The van der Waals surface area contributed by atoms with Crippen LogP contribution in [0.1, 0.15) is 27.0 Å². The fourth-order valence-corrected chi connectivity index (χ4v) is 5.22. The number of fused-ring (bicyclic) bond motifs is 1. The molecule has 1 aliphatic heterocycles. The normalized spacial score (nSPS) is 18.0. The number of rotatable bonds is 6. The summed E-state index contributed by atoms with van der Waals surface area (Å²) >= 11 is 0. The average Bonchev–Trinajstić information content (AvgIpc) is 3.18. The van der Waals surface area contributed by atoms with Crippen molar-refractivity contribution in [3.05, 3.63) is 94.6 Å². The first-order valence-corrected chi connectivity index (χ1v) is 12.2. The van der Waals surface area contributed by atoms with Gasteiger partial charge in [-0.1, -0.05) is 42.5 Å². The van der Waals surface area contributed by atoms with Gasteiger partial charge in [-0.15, -0.1) is 0 Å². The minimum Gasteiger partial charge on any atom is -0.493 e. The van der Waals surface area contributed by atoms with E-state index in [1.54, 1.807) is 20.3 Å². The van der Waals surface area contributed by atoms with E-state index in [0.29, 0.717) is 23.5 Å². The van der Waals surface area contributed by atoms with Crippen LogP contribution in [0.25, 0.3) is 6.08 Å². The van der Waals surface area contributed by atoms with E-state index in [1.165, 1.54) is 11.3 Å². The highest BCUT2D eigenvalue weighted by molar-refractivity contribution is 6.16. The van der Waals surface area contributed by atoms with Crippen LogP contribution in [0.15, 0.2) is 72.3 Å². The number of ketones is 1. The van der Waals surface area contributed by atoms with Gasteiger partial charge >= 0.3 is 0 Å². The maximum absolute atomic E-state index is 13.0. The number of hydrogen-bond donors (Lipinski definition) is 0. The second kappa shape index (κ2) is 9.59. The summed E-state index contributed by atoms with van der Waals surface area (Å²) in [6, 6.07) is 23.1. The van der Waals surface area contributed by atoms with Gasteiger partial charge in [0.05, 0.1) is 47.4 Å². The SMILES string of the molecule is COc1cc2c(cc1OC)C(=O)C(=Cc1ccc(N3CC[N+](C)(Cc4ccccc4)CC3)cc1)C2. The van der Waals surface area contributed by atoms with Crippen molar-refractivity contribution in [2.75, 3.05) is 52.3 Å². The molecule has 35 heavy (non-hydrogen) atoms. The van der Waals surface area contributed by atoms with E-state index >= 15 is 0 Å². The molecule has 0 bridgehead atoms. The standard InChI is InChI=1S/C30H33N2O3/c1-32(21-23-7-5-4-6-8-23)15-13-31(14-16-32)26-11-9-22(10-12-26)17-25-18-24-19-28(34-2)29(35-3)20-27(24)30(25)33/h4-12,17,19-20H,13-16,18,21H2,1-3H3/q+1. The van der Waals surface area contributed by atoms with E-state index in [4.69, 9.17) is 9.47 Å². The fourth-order valence-electron chi connectivity index (χ4n) is 5.22. The molecule has 0 unspecified atom stereocenters. The summed E-state index contributed by atoms with van der Waals surface area (Å²) in [6.07, 6.45) is 2.62. The van der Waals surface area contributed by atoms with Crippen LogP contribution in [-0.4, -0.2) is 57.7 Å². The van der Waals surface area contributed by atoms with Crippen molar-refractivity contribution < 1.29 is 18.8 Å². The van der Waals surface area contributed by atoms with Crippen LogP contribution in [0.5, 0.6) is 11.5 Å². The van der Waals surface area contributed by atoms with Crippen LogP contribution in [0.2, 0.25) is 0 Å². The Hall–Kier alpha value is -3.57. The van der Waals surface area contributed by atoms with Gasteiger partial charge in [-0.3, -0.25) is 4.79 Å². The van der Waals surface area contributed by atoms with E-state index in [9.17, 15) is 4.79 Å². The Balaban J connectivity index is 1.25. The van der Waals surface area contributed by atoms with Crippen molar-refractivity contribution in [1.29, 1.82) is 0 Å². The Kier molecular flexibility index (Phi) is 6.35. The number of anilines is 1. The van der Waals surface area contributed by atoms with Crippen LogP contribution in [0.4, 0.5) is 5.69 Å². The molecule has 1 saturated heterocycles. The highest BCUT2D eigenvalue weighted by Crippen LogP contribution is 2.37. The first-order chi connectivity index (χ1) is 17.0. The number of Topliss-reactive ketones (excluding diaryl/α,β-unsaturated/α-hetero) is 1. The van der Waals surface area contributed by atoms with Gasteiger partial charge in [-0.25, -0.2) is 0 Å². The van der Waals surface area contributed by atoms with Gasteiger partial charge in [0.1, 0.15) is 6.54 Å². The van der Waals surface area contributed by atoms with E-state index in [0.717, 1.165) is 53.9 Å². The van der Waals surface area contributed by atoms with Crippen molar-refractivity contribution in [1.82, 2.24) is 0 Å². The van der Waals surface area contributed by atoms with Crippen molar-refractivity contribution in [2.24, 2.45) is 0 Å². The molecule has 3 aromatic rings. The van der Waals surface area contributed by atoms with Crippen molar-refractivity contribution >= 4 is 17.5 Å². The summed E-state index contributed by atoms with van der Waals surface area (Å²) < 4.78 is 11.8. The second-order valence-corrected chi connectivity index (χ2v) is 9.83. The van der Waals surface area contributed by atoms with Gasteiger partial charge in [-0.05, 0) is 41.5 Å². The van der Waals surface area contributed by atoms with Gasteiger partial charge in [0, 0.05) is 28.8 Å². The summed E-state index contributed by atoms with van der Waals surface area (Å²) in [7, 11) is 5.57. The molecule has 5 rings (SSSR count). The molecular weight excluding hydrogens is 436 g/mol. The zero-order chi connectivity index (χ0) is 24.4. The van der Waals surface area contributed by atoms with Crippen molar-refractivity contribution in [3.8, 4) is 11.5 Å². The van der Waals surface area contributed by atoms with E-state index in [-0.39, 0.29) is 5.78 Å². The first kappa shape index (κ1) is 23.2. The Morgan fingerprint density at radius 1 is 0.914 bits per heavy atom. The number of carbonyl (C=O) groups excluding carboxylic acids is 1. The average molecular weight is 470 g/mol. The van der Waals surface area contributed by atoms with Crippen molar-refractivity contribution in [2.45, 2.75) is 13.0 Å². The molecule has 0 saturated carbocycles. The highest BCUT2D eigenvalue weighted by atomic mass is 16.5. The van der Waals surface area contributed by atoms with E-state index < -0.39 is 0 Å². The lowest BCUT2D eigenvalue weighted by Gasteiger charge is -2.43. The lowest BCUT2D eigenvalue weighted by atomic mass is 10.1. The van der Waals surface area contributed by atoms with E-state index in [2.05, 4.69) is 66.5 Å². The monoisotopic (exact) mass is 469 g/mol. The number of quaternary nitrogens is 1. The third kappa shape index (κ3) is 4.82. The second-order valence-electron chi connectivity index (χ2n) is 9.83. The Morgan fingerprint density at radius 2 is 1.57 bits per heavy atom. The quantitative estimate of drug-likeness (QED) is 0.377. The first-order valence-electron chi connectivity index (χ1n) is 12.2. The summed E-state index contributed by atoms with van der Waals surface area (Å²) in [4.78, 5) is 15.5. The Labute approximate surface area is 207 Å². The molecule has 1 aliphatic carbocycles. The van der Waals surface area contributed by atoms with Crippen LogP contribution in [-0.2, 0) is 13.0 Å². The lowest BCUT2D eigenvalue weighted by molar-refractivity contribution is -0.923. The number of benzene rings is 3. The molecule has 0 radical (unpaired) electrons. The zero-order valence-corrected chi connectivity index (χ0v) is 20.8.